The highest BCUT2D eigenvalue weighted by molar-refractivity contribution is 4.83. The van der Waals surface area contributed by atoms with Crippen molar-refractivity contribution in [2.24, 2.45) is 5.92 Å². The van der Waals surface area contributed by atoms with E-state index in [2.05, 4.69) is 23.9 Å². The van der Waals surface area contributed by atoms with Gasteiger partial charge in [-0.1, -0.05) is 0 Å². The zero-order valence-electron chi connectivity index (χ0n) is 12.6. The van der Waals surface area contributed by atoms with Gasteiger partial charge in [0.1, 0.15) is 0 Å². The van der Waals surface area contributed by atoms with Crippen LogP contribution in [0.1, 0.15) is 26.7 Å². The summed E-state index contributed by atoms with van der Waals surface area (Å²) in [5, 5.41) is 10.2. The highest BCUT2D eigenvalue weighted by Crippen LogP contribution is 2.20. The number of methoxy groups -OCH3 is 1. The second-order valence-electron chi connectivity index (χ2n) is 6.33. The van der Waals surface area contributed by atoms with Gasteiger partial charge >= 0.3 is 0 Å². The molecule has 108 valence electrons. The minimum absolute atomic E-state index is 0.423. The molecule has 0 aromatic carbocycles. The third-order valence-electron chi connectivity index (χ3n) is 4.09. The smallest absolute Gasteiger partial charge is 0.0950 e. The predicted molar refractivity (Wildman–Crippen MR) is 74.8 cm³/mol. The first-order valence-corrected chi connectivity index (χ1v) is 6.95. The zero-order valence-corrected chi connectivity index (χ0v) is 12.6. The van der Waals surface area contributed by atoms with Crippen LogP contribution in [0.25, 0.3) is 0 Å². The average molecular weight is 258 g/mol. The molecule has 0 radical (unpaired) electrons. The fraction of sp³-hybridized carbons (Fsp3) is 1.00. The van der Waals surface area contributed by atoms with Crippen molar-refractivity contribution < 1.29 is 9.84 Å². The van der Waals surface area contributed by atoms with Crippen LogP contribution >= 0.6 is 0 Å². The number of ether oxygens (including phenoxy) is 1. The molecule has 4 nitrogen and oxygen atoms in total. The molecule has 0 aromatic rings. The van der Waals surface area contributed by atoms with Gasteiger partial charge < -0.3 is 19.6 Å². The first-order valence-electron chi connectivity index (χ1n) is 6.95. The van der Waals surface area contributed by atoms with E-state index in [1.54, 1.807) is 7.11 Å². The van der Waals surface area contributed by atoms with Crippen LogP contribution in [0.15, 0.2) is 0 Å². The van der Waals surface area contributed by atoms with Gasteiger partial charge in [-0.2, -0.15) is 0 Å². The van der Waals surface area contributed by atoms with Crippen molar-refractivity contribution in [2.45, 2.75) is 38.4 Å². The molecule has 4 heteroatoms. The second-order valence-corrected chi connectivity index (χ2v) is 6.33. The molecule has 1 rings (SSSR count). The number of aliphatic hydroxyl groups excluding tert-OH is 1. The van der Waals surface area contributed by atoms with Gasteiger partial charge in [0.15, 0.2) is 0 Å². The fourth-order valence-corrected chi connectivity index (χ4v) is 2.47. The summed E-state index contributed by atoms with van der Waals surface area (Å²) in [6.45, 7) is 7.97. The molecule has 1 atom stereocenters. The monoisotopic (exact) mass is 258 g/mol. The van der Waals surface area contributed by atoms with Gasteiger partial charge in [-0.25, -0.2) is 0 Å². The molecule has 1 fully saturated rings. The Morgan fingerprint density at radius 2 is 1.89 bits per heavy atom. The van der Waals surface area contributed by atoms with Crippen molar-refractivity contribution in [1.29, 1.82) is 0 Å². The van der Waals surface area contributed by atoms with Crippen LogP contribution in [-0.2, 0) is 4.74 Å². The Labute approximate surface area is 112 Å². The van der Waals surface area contributed by atoms with E-state index in [1.807, 2.05) is 13.8 Å². The minimum Gasteiger partial charge on any atom is -0.389 e. The maximum atomic E-state index is 10.2. The third-order valence-corrected chi connectivity index (χ3v) is 4.09. The lowest BCUT2D eigenvalue weighted by Gasteiger charge is -2.37. The van der Waals surface area contributed by atoms with Crippen LogP contribution in [0.4, 0.5) is 0 Å². The van der Waals surface area contributed by atoms with Crippen molar-refractivity contribution >= 4 is 0 Å². The maximum Gasteiger partial charge on any atom is 0.0950 e. The Hall–Kier alpha value is -0.160. The van der Waals surface area contributed by atoms with Gasteiger partial charge in [0.05, 0.1) is 11.7 Å². The number of hydrogen-bond acceptors (Lipinski definition) is 4. The van der Waals surface area contributed by atoms with Crippen molar-refractivity contribution in [2.75, 3.05) is 47.4 Å². The number of β-amino-alcohol motifs (C(OH)–C–C–N with tert-alkyl or cyclic N) is 1. The number of piperidine rings is 1. The number of nitrogens with zero attached hydrogens (tertiary/aromatic N) is 2. The molecule has 1 aliphatic rings. The van der Waals surface area contributed by atoms with Crippen LogP contribution in [0, 0.1) is 5.92 Å². The summed E-state index contributed by atoms with van der Waals surface area (Å²) < 4.78 is 5.33. The Morgan fingerprint density at radius 1 is 1.33 bits per heavy atom. The molecule has 0 amide bonds. The van der Waals surface area contributed by atoms with Gasteiger partial charge in [0.2, 0.25) is 0 Å². The molecular formula is C14H30N2O2. The Kier molecular flexibility index (Phi) is 6.05. The number of likely N-dealkylation sites (tertiary alicyclic amines) is 1. The summed E-state index contributed by atoms with van der Waals surface area (Å²) in [4.78, 5) is 4.63. The SMILES string of the molecule is COC(C)(C)C(O)CN1CCC(CN(C)C)CC1. The standard InChI is InChI=1S/C14H30N2O2/c1-14(2,18-5)13(17)11-16-8-6-12(7-9-16)10-15(3)4/h12-13,17H,6-11H2,1-5H3. The van der Waals surface area contributed by atoms with E-state index in [1.165, 1.54) is 19.4 Å². The summed E-state index contributed by atoms with van der Waals surface area (Å²) in [6, 6.07) is 0. The van der Waals surface area contributed by atoms with Gasteiger partial charge in [0.25, 0.3) is 0 Å². The molecule has 0 bridgehead atoms. The zero-order chi connectivity index (χ0) is 13.8. The summed E-state index contributed by atoms with van der Waals surface area (Å²) in [5.41, 5.74) is -0.458. The molecule has 0 spiro atoms. The van der Waals surface area contributed by atoms with Gasteiger partial charge in [-0.15, -0.1) is 0 Å². The van der Waals surface area contributed by atoms with Crippen molar-refractivity contribution in [1.82, 2.24) is 9.80 Å². The summed E-state index contributed by atoms with van der Waals surface area (Å²) in [5.74, 6) is 0.809. The van der Waals surface area contributed by atoms with Gasteiger partial charge in [0, 0.05) is 20.2 Å². The van der Waals surface area contributed by atoms with E-state index in [4.69, 9.17) is 4.74 Å². The Morgan fingerprint density at radius 3 is 2.33 bits per heavy atom. The van der Waals surface area contributed by atoms with Crippen LogP contribution in [-0.4, -0.2) is 74.0 Å². The lowest BCUT2D eigenvalue weighted by molar-refractivity contribution is -0.0898. The quantitative estimate of drug-likeness (QED) is 0.772. The molecular weight excluding hydrogens is 228 g/mol. The molecule has 0 aromatic heterocycles. The molecule has 0 saturated carbocycles. The fourth-order valence-electron chi connectivity index (χ4n) is 2.47. The first-order chi connectivity index (χ1) is 8.35. The molecule has 1 N–H and O–H groups in total. The molecule has 1 unspecified atom stereocenters. The Balaban J connectivity index is 2.31. The highest BCUT2D eigenvalue weighted by atomic mass is 16.5. The Bertz CT molecular complexity index is 236. The summed E-state index contributed by atoms with van der Waals surface area (Å²) >= 11 is 0. The van der Waals surface area contributed by atoms with E-state index >= 15 is 0 Å². The van der Waals surface area contributed by atoms with Crippen LogP contribution in [0.3, 0.4) is 0 Å². The highest BCUT2D eigenvalue weighted by Gasteiger charge is 2.30. The number of rotatable bonds is 6. The van der Waals surface area contributed by atoms with E-state index in [9.17, 15) is 5.11 Å². The van der Waals surface area contributed by atoms with E-state index in [-0.39, 0.29) is 0 Å². The number of aliphatic hydroxyl groups is 1. The lowest BCUT2D eigenvalue weighted by atomic mass is 9.94. The number of hydrogen-bond donors (Lipinski definition) is 1. The van der Waals surface area contributed by atoms with Gasteiger partial charge in [-0.3, -0.25) is 0 Å². The molecule has 0 aliphatic carbocycles. The topological polar surface area (TPSA) is 35.9 Å². The molecule has 1 heterocycles. The molecule has 1 saturated heterocycles. The summed E-state index contributed by atoms with van der Waals surface area (Å²) in [7, 11) is 5.93. The minimum atomic E-state index is -0.458. The van der Waals surface area contributed by atoms with Crippen molar-refractivity contribution in [3.63, 3.8) is 0 Å². The first kappa shape index (κ1) is 15.9. The molecule has 1 aliphatic heterocycles. The lowest BCUT2D eigenvalue weighted by Crippen LogP contribution is -2.48. The molecule has 18 heavy (non-hydrogen) atoms. The van der Waals surface area contributed by atoms with E-state index < -0.39 is 11.7 Å². The van der Waals surface area contributed by atoms with Crippen LogP contribution < -0.4 is 0 Å². The second kappa shape index (κ2) is 6.85. The van der Waals surface area contributed by atoms with Gasteiger partial charge in [-0.05, 0) is 59.8 Å². The largest absolute Gasteiger partial charge is 0.389 e. The van der Waals surface area contributed by atoms with Crippen molar-refractivity contribution in [3.8, 4) is 0 Å². The average Bonchev–Trinajstić information content (AvgIpc) is 2.31. The van der Waals surface area contributed by atoms with Crippen LogP contribution in [0.5, 0.6) is 0 Å². The predicted octanol–water partition coefficient (Wildman–Crippen LogP) is 1.05. The maximum absolute atomic E-state index is 10.2. The van der Waals surface area contributed by atoms with E-state index in [0.717, 1.165) is 25.6 Å². The van der Waals surface area contributed by atoms with E-state index in [0.29, 0.717) is 0 Å². The normalized spacial score (nSPS) is 21.5. The third kappa shape index (κ3) is 4.84. The summed E-state index contributed by atoms with van der Waals surface area (Å²) in [6.07, 6.45) is 2.05. The van der Waals surface area contributed by atoms with Crippen LogP contribution in [0.2, 0.25) is 0 Å². The van der Waals surface area contributed by atoms with Crippen molar-refractivity contribution in [3.05, 3.63) is 0 Å².